The summed E-state index contributed by atoms with van der Waals surface area (Å²) in [6, 6.07) is 6.21. The molecule has 112 valence electrons. The Hall–Kier alpha value is -2.27. The Morgan fingerprint density at radius 3 is 2.91 bits per heavy atom. The van der Waals surface area contributed by atoms with Crippen LogP contribution in [0.25, 0.3) is 22.3 Å². The number of nitrogens with zero attached hydrogens (tertiary/aromatic N) is 4. The Bertz CT molecular complexity index is 787. The minimum Gasteiger partial charge on any atom is -0.334 e. The van der Waals surface area contributed by atoms with E-state index in [9.17, 15) is 0 Å². The van der Waals surface area contributed by atoms with E-state index in [4.69, 9.17) is 4.98 Å². The fourth-order valence-electron chi connectivity index (χ4n) is 3.18. The summed E-state index contributed by atoms with van der Waals surface area (Å²) in [6.07, 6.45) is 7.79. The molecule has 0 bridgehead atoms. The van der Waals surface area contributed by atoms with Crippen molar-refractivity contribution in [3.05, 3.63) is 42.6 Å². The van der Waals surface area contributed by atoms with Crippen molar-refractivity contribution in [2.75, 3.05) is 13.1 Å². The quantitative estimate of drug-likeness (QED) is 0.788. The number of aromatic nitrogens is 4. The molecule has 1 aliphatic heterocycles. The second kappa shape index (κ2) is 5.50. The van der Waals surface area contributed by atoms with Crippen molar-refractivity contribution in [2.45, 2.75) is 18.8 Å². The van der Waals surface area contributed by atoms with E-state index in [0.29, 0.717) is 5.92 Å². The molecule has 3 aromatic rings. The summed E-state index contributed by atoms with van der Waals surface area (Å²) in [5.74, 6) is 0.524. The number of nitrogens with one attached hydrogen (secondary N) is 1. The Labute approximate surface area is 129 Å². The number of hydrogen-bond donors (Lipinski definition) is 1. The average molecular weight is 293 g/mol. The zero-order valence-electron chi connectivity index (χ0n) is 12.7. The van der Waals surface area contributed by atoms with Crippen LogP contribution in [0.1, 0.15) is 24.5 Å². The summed E-state index contributed by atoms with van der Waals surface area (Å²) < 4.78 is 2.07. The number of imidazole rings is 1. The van der Waals surface area contributed by atoms with Gasteiger partial charge in [-0.15, -0.1) is 0 Å². The summed E-state index contributed by atoms with van der Waals surface area (Å²) in [6.45, 7) is 2.13. The topological polar surface area (TPSA) is 55.6 Å². The predicted molar refractivity (Wildman–Crippen MR) is 86.6 cm³/mol. The monoisotopic (exact) mass is 293 g/mol. The predicted octanol–water partition coefficient (Wildman–Crippen LogP) is 2.50. The molecular formula is C17H19N5. The standard InChI is InChI=1S/C17H19N5/c1-22-11-20-17-15(22)9-14(12-4-7-18-8-5-12)21-16(17)13-3-2-6-19-10-13/h2-3,6,9-12,18H,4-5,7-8H2,1H3. The van der Waals surface area contributed by atoms with Gasteiger partial charge < -0.3 is 9.88 Å². The van der Waals surface area contributed by atoms with Crippen molar-refractivity contribution in [1.29, 1.82) is 0 Å². The lowest BCUT2D eigenvalue weighted by atomic mass is 9.93. The maximum atomic E-state index is 4.96. The molecule has 0 radical (unpaired) electrons. The summed E-state index contributed by atoms with van der Waals surface area (Å²) in [5, 5.41) is 3.42. The van der Waals surface area contributed by atoms with Gasteiger partial charge in [0.25, 0.3) is 0 Å². The largest absolute Gasteiger partial charge is 0.334 e. The first kappa shape index (κ1) is 13.4. The molecule has 1 fully saturated rings. The van der Waals surface area contributed by atoms with Gasteiger partial charge >= 0.3 is 0 Å². The third-order valence-electron chi connectivity index (χ3n) is 4.42. The number of aryl methyl sites for hydroxylation is 1. The van der Waals surface area contributed by atoms with Crippen LogP contribution < -0.4 is 5.32 Å². The molecule has 0 atom stereocenters. The van der Waals surface area contributed by atoms with Crippen LogP contribution in [0.5, 0.6) is 0 Å². The van der Waals surface area contributed by atoms with Gasteiger partial charge in [0.1, 0.15) is 5.52 Å². The van der Waals surface area contributed by atoms with Gasteiger partial charge in [-0.05, 0) is 44.1 Å². The molecule has 3 aromatic heterocycles. The molecule has 1 aliphatic rings. The fraction of sp³-hybridized carbons (Fsp3) is 0.353. The third kappa shape index (κ3) is 2.27. The molecule has 4 heterocycles. The number of hydrogen-bond acceptors (Lipinski definition) is 4. The van der Waals surface area contributed by atoms with Crippen LogP contribution in [0, 0.1) is 0 Å². The molecule has 5 nitrogen and oxygen atoms in total. The average Bonchev–Trinajstić information content (AvgIpc) is 2.97. The molecule has 0 amide bonds. The van der Waals surface area contributed by atoms with Crippen LogP contribution in [-0.2, 0) is 7.05 Å². The number of fused-ring (bicyclic) bond motifs is 1. The van der Waals surface area contributed by atoms with Crippen LogP contribution in [-0.4, -0.2) is 32.6 Å². The van der Waals surface area contributed by atoms with Gasteiger partial charge in [-0.1, -0.05) is 0 Å². The van der Waals surface area contributed by atoms with Crippen molar-refractivity contribution < 1.29 is 0 Å². The normalized spacial score (nSPS) is 16.2. The summed E-state index contributed by atoms with van der Waals surface area (Å²) in [5.41, 5.74) is 5.24. The van der Waals surface area contributed by atoms with Crippen molar-refractivity contribution in [3.63, 3.8) is 0 Å². The van der Waals surface area contributed by atoms with Crippen molar-refractivity contribution in [3.8, 4) is 11.3 Å². The summed E-state index contributed by atoms with van der Waals surface area (Å²) in [4.78, 5) is 13.7. The van der Waals surface area contributed by atoms with Gasteiger partial charge in [0.2, 0.25) is 0 Å². The van der Waals surface area contributed by atoms with Crippen molar-refractivity contribution >= 4 is 11.0 Å². The first-order valence-electron chi connectivity index (χ1n) is 7.76. The van der Waals surface area contributed by atoms with E-state index in [-0.39, 0.29) is 0 Å². The van der Waals surface area contributed by atoms with Crippen LogP contribution in [0.2, 0.25) is 0 Å². The van der Waals surface area contributed by atoms with E-state index in [0.717, 1.165) is 48.2 Å². The molecule has 0 aliphatic carbocycles. The van der Waals surface area contributed by atoms with Crippen LogP contribution >= 0.6 is 0 Å². The van der Waals surface area contributed by atoms with Crippen molar-refractivity contribution in [2.24, 2.45) is 7.05 Å². The highest BCUT2D eigenvalue weighted by Crippen LogP contribution is 2.31. The van der Waals surface area contributed by atoms with Gasteiger partial charge in [0, 0.05) is 36.6 Å². The van der Waals surface area contributed by atoms with Gasteiger partial charge in [-0.25, -0.2) is 4.98 Å². The molecule has 1 saturated heterocycles. The lowest BCUT2D eigenvalue weighted by Crippen LogP contribution is -2.27. The second-order valence-electron chi connectivity index (χ2n) is 5.88. The summed E-state index contributed by atoms with van der Waals surface area (Å²) in [7, 11) is 2.04. The van der Waals surface area contributed by atoms with Gasteiger partial charge in [0.05, 0.1) is 17.5 Å². The van der Waals surface area contributed by atoms with Crippen LogP contribution in [0.4, 0.5) is 0 Å². The number of rotatable bonds is 2. The SMILES string of the molecule is Cn1cnc2c(-c3cccnc3)nc(C3CCNCC3)cc21. The number of pyridine rings is 2. The fourth-order valence-corrected chi connectivity index (χ4v) is 3.18. The lowest BCUT2D eigenvalue weighted by Gasteiger charge is -2.22. The first-order valence-corrected chi connectivity index (χ1v) is 7.76. The van der Waals surface area contributed by atoms with Crippen LogP contribution in [0.3, 0.4) is 0 Å². The minimum absolute atomic E-state index is 0.524. The third-order valence-corrected chi connectivity index (χ3v) is 4.42. The highest BCUT2D eigenvalue weighted by molar-refractivity contribution is 5.89. The van der Waals surface area contributed by atoms with Gasteiger partial charge in [-0.2, -0.15) is 0 Å². The molecule has 0 unspecified atom stereocenters. The zero-order chi connectivity index (χ0) is 14.9. The van der Waals surface area contributed by atoms with E-state index in [2.05, 4.69) is 32.0 Å². The minimum atomic E-state index is 0.524. The lowest BCUT2D eigenvalue weighted by molar-refractivity contribution is 0.454. The van der Waals surface area contributed by atoms with Gasteiger partial charge in [0.15, 0.2) is 0 Å². The second-order valence-corrected chi connectivity index (χ2v) is 5.88. The molecule has 22 heavy (non-hydrogen) atoms. The molecule has 0 saturated carbocycles. The van der Waals surface area contributed by atoms with E-state index < -0.39 is 0 Å². The molecule has 0 aromatic carbocycles. The summed E-state index contributed by atoms with van der Waals surface area (Å²) >= 11 is 0. The number of piperidine rings is 1. The van der Waals surface area contributed by atoms with Crippen LogP contribution in [0.15, 0.2) is 36.9 Å². The highest BCUT2D eigenvalue weighted by Gasteiger charge is 2.20. The smallest absolute Gasteiger partial charge is 0.115 e. The Morgan fingerprint density at radius 2 is 2.14 bits per heavy atom. The molecule has 5 heteroatoms. The van der Waals surface area contributed by atoms with E-state index >= 15 is 0 Å². The molecule has 4 rings (SSSR count). The molecular weight excluding hydrogens is 274 g/mol. The Kier molecular flexibility index (Phi) is 3.35. The molecule has 1 N–H and O–H groups in total. The van der Waals surface area contributed by atoms with E-state index in [1.54, 1.807) is 6.20 Å². The van der Waals surface area contributed by atoms with Crippen molar-refractivity contribution in [1.82, 2.24) is 24.8 Å². The maximum Gasteiger partial charge on any atom is 0.115 e. The first-order chi connectivity index (χ1) is 10.8. The Balaban J connectivity index is 1.90. The van der Waals surface area contributed by atoms with Gasteiger partial charge in [-0.3, -0.25) is 9.97 Å². The van der Waals surface area contributed by atoms with E-state index in [1.165, 1.54) is 5.69 Å². The molecule has 0 spiro atoms. The Morgan fingerprint density at radius 1 is 1.27 bits per heavy atom. The zero-order valence-corrected chi connectivity index (χ0v) is 12.7. The maximum absolute atomic E-state index is 4.96. The van der Waals surface area contributed by atoms with E-state index in [1.807, 2.05) is 25.6 Å². The highest BCUT2D eigenvalue weighted by atomic mass is 15.0.